The van der Waals surface area contributed by atoms with Crippen LogP contribution in [0.25, 0.3) is 5.76 Å². The number of hydrogen-bond acceptors (Lipinski definition) is 7. The average Bonchev–Trinajstić information content (AvgIpc) is 3.35. The van der Waals surface area contributed by atoms with E-state index in [9.17, 15) is 14.7 Å². The molecule has 1 amide bonds. The molecule has 33 heavy (non-hydrogen) atoms. The van der Waals surface area contributed by atoms with Crippen LogP contribution in [-0.2, 0) is 9.59 Å². The van der Waals surface area contributed by atoms with Crippen LogP contribution in [0.4, 0.5) is 5.82 Å². The third kappa shape index (κ3) is 4.05. The van der Waals surface area contributed by atoms with Crippen LogP contribution in [0.2, 0.25) is 5.02 Å². The Morgan fingerprint density at radius 1 is 1.15 bits per heavy atom. The van der Waals surface area contributed by atoms with Gasteiger partial charge in [0.05, 0.1) is 25.3 Å². The predicted molar refractivity (Wildman–Crippen MR) is 122 cm³/mol. The number of rotatable bonds is 6. The van der Waals surface area contributed by atoms with Gasteiger partial charge in [0.2, 0.25) is 0 Å². The number of carbonyl (C=O) groups is 2. The number of aromatic nitrogens is 1. The van der Waals surface area contributed by atoms with Crippen molar-refractivity contribution in [1.82, 2.24) is 5.16 Å². The van der Waals surface area contributed by atoms with E-state index < -0.39 is 17.7 Å². The summed E-state index contributed by atoms with van der Waals surface area (Å²) >= 11 is 5.96. The number of halogens is 1. The van der Waals surface area contributed by atoms with Gasteiger partial charge >= 0.3 is 5.91 Å². The van der Waals surface area contributed by atoms with Crippen molar-refractivity contribution in [3.05, 3.63) is 76.0 Å². The molecular weight excluding hydrogens is 448 g/mol. The number of amides is 1. The number of carbonyl (C=O) groups excluding carboxylic acids is 2. The second-order valence-corrected chi connectivity index (χ2v) is 7.75. The number of methoxy groups -OCH3 is 1. The standard InChI is InChI=1S/C24H21ClN2O6/c1-4-32-17-10-7-15(12-18(17)31-3)21-20(22(28)14-5-8-16(25)9-6-14)23(29)24(30)27(21)19-11-13(2)33-26-19/h5-12,21,28H,4H2,1-3H3/t21-/m0/s1. The van der Waals surface area contributed by atoms with Crippen molar-refractivity contribution >= 4 is 34.9 Å². The Hall–Kier alpha value is -3.78. The van der Waals surface area contributed by atoms with E-state index in [2.05, 4.69) is 5.16 Å². The van der Waals surface area contributed by atoms with E-state index in [4.69, 9.17) is 25.6 Å². The van der Waals surface area contributed by atoms with Crippen LogP contribution in [0.15, 0.2) is 58.6 Å². The highest BCUT2D eigenvalue weighted by Crippen LogP contribution is 2.44. The molecule has 2 heterocycles. The minimum atomic E-state index is -0.977. The van der Waals surface area contributed by atoms with Crippen molar-refractivity contribution in [2.24, 2.45) is 0 Å². The van der Waals surface area contributed by atoms with Crippen LogP contribution in [0.3, 0.4) is 0 Å². The molecule has 1 N–H and O–H groups in total. The summed E-state index contributed by atoms with van der Waals surface area (Å²) in [6.07, 6.45) is 0. The first-order valence-electron chi connectivity index (χ1n) is 10.2. The highest BCUT2D eigenvalue weighted by molar-refractivity contribution is 6.51. The molecule has 9 heteroatoms. The Balaban J connectivity index is 1.93. The van der Waals surface area contributed by atoms with Gasteiger partial charge in [-0.15, -0.1) is 0 Å². The first-order chi connectivity index (χ1) is 15.8. The van der Waals surface area contributed by atoms with Gasteiger partial charge in [-0.3, -0.25) is 14.5 Å². The molecule has 2 aromatic carbocycles. The van der Waals surface area contributed by atoms with E-state index in [-0.39, 0.29) is 17.2 Å². The van der Waals surface area contributed by atoms with Crippen LogP contribution in [0.1, 0.15) is 29.9 Å². The summed E-state index contributed by atoms with van der Waals surface area (Å²) in [5.74, 6) is -0.461. The molecule has 1 aliphatic rings. The lowest BCUT2D eigenvalue weighted by atomic mass is 9.95. The molecule has 0 bridgehead atoms. The molecule has 1 saturated heterocycles. The quantitative estimate of drug-likeness (QED) is 0.318. The zero-order chi connectivity index (χ0) is 23.7. The lowest BCUT2D eigenvalue weighted by molar-refractivity contribution is -0.132. The lowest BCUT2D eigenvalue weighted by Crippen LogP contribution is -2.29. The smallest absolute Gasteiger partial charge is 0.301 e. The van der Waals surface area contributed by atoms with Crippen molar-refractivity contribution in [2.45, 2.75) is 19.9 Å². The fourth-order valence-electron chi connectivity index (χ4n) is 3.74. The van der Waals surface area contributed by atoms with E-state index in [1.165, 1.54) is 12.0 Å². The van der Waals surface area contributed by atoms with E-state index in [1.54, 1.807) is 55.5 Å². The summed E-state index contributed by atoms with van der Waals surface area (Å²) in [5.41, 5.74) is 0.775. The number of Topliss-reactive ketones (excluding diaryl/α,β-unsaturated/α-hetero) is 1. The van der Waals surface area contributed by atoms with Crippen molar-refractivity contribution < 1.29 is 28.7 Å². The third-order valence-corrected chi connectivity index (χ3v) is 5.48. The second-order valence-electron chi connectivity index (χ2n) is 7.32. The van der Waals surface area contributed by atoms with E-state index in [1.807, 2.05) is 6.92 Å². The topological polar surface area (TPSA) is 102 Å². The molecule has 1 aliphatic heterocycles. The summed E-state index contributed by atoms with van der Waals surface area (Å²) in [6, 6.07) is 11.9. The number of ketones is 1. The summed E-state index contributed by atoms with van der Waals surface area (Å²) in [6.45, 7) is 3.96. The number of aliphatic hydroxyl groups is 1. The summed E-state index contributed by atoms with van der Waals surface area (Å²) in [7, 11) is 1.49. The van der Waals surface area contributed by atoms with Crippen molar-refractivity contribution in [2.75, 3.05) is 18.6 Å². The van der Waals surface area contributed by atoms with Gasteiger partial charge in [0.1, 0.15) is 11.5 Å². The maximum atomic E-state index is 13.1. The Labute approximate surface area is 195 Å². The second kappa shape index (κ2) is 8.99. The van der Waals surface area contributed by atoms with Crippen LogP contribution >= 0.6 is 11.6 Å². The van der Waals surface area contributed by atoms with Crippen molar-refractivity contribution in [3.63, 3.8) is 0 Å². The molecule has 170 valence electrons. The monoisotopic (exact) mass is 468 g/mol. The molecule has 1 aromatic heterocycles. The Morgan fingerprint density at radius 3 is 2.48 bits per heavy atom. The number of benzene rings is 2. The Morgan fingerprint density at radius 2 is 1.88 bits per heavy atom. The third-order valence-electron chi connectivity index (χ3n) is 5.23. The first-order valence-corrected chi connectivity index (χ1v) is 10.5. The van der Waals surface area contributed by atoms with Crippen LogP contribution in [-0.4, -0.2) is 35.7 Å². The molecule has 0 aliphatic carbocycles. The van der Waals surface area contributed by atoms with Gasteiger partial charge < -0.3 is 19.1 Å². The fourth-order valence-corrected chi connectivity index (χ4v) is 3.87. The number of ether oxygens (including phenoxy) is 2. The zero-order valence-electron chi connectivity index (χ0n) is 18.2. The van der Waals surface area contributed by atoms with Crippen LogP contribution < -0.4 is 14.4 Å². The van der Waals surface area contributed by atoms with E-state index >= 15 is 0 Å². The largest absolute Gasteiger partial charge is 0.507 e. The molecule has 1 fully saturated rings. The minimum absolute atomic E-state index is 0.0887. The van der Waals surface area contributed by atoms with Gasteiger partial charge in [-0.2, -0.15) is 0 Å². The summed E-state index contributed by atoms with van der Waals surface area (Å²) in [5, 5.41) is 15.5. The van der Waals surface area contributed by atoms with Crippen molar-refractivity contribution in [3.8, 4) is 11.5 Å². The minimum Gasteiger partial charge on any atom is -0.507 e. The van der Waals surface area contributed by atoms with Gasteiger partial charge in [0.15, 0.2) is 17.3 Å². The van der Waals surface area contributed by atoms with Gasteiger partial charge in [0, 0.05) is 16.7 Å². The SMILES string of the molecule is CCOc1ccc([C@H]2C(=C(O)c3ccc(Cl)cc3)C(=O)C(=O)N2c2cc(C)on2)cc1OC. The number of aryl methyl sites for hydroxylation is 1. The number of hydrogen-bond donors (Lipinski definition) is 1. The molecule has 0 spiro atoms. The van der Waals surface area contributed by atoms with E-state index in [0.717, 1.165) is 0 Å². The molecule has 3 aromatic rings. The lowest BCUT2D eigenvalue weighted by Gasteiger charge is -2.23. The first kappa shape index (κ1) is 22.4. The zero-order valence-corrected chi connectivity index (χ0v) is 18.9. The molecule has 0 radical (unpaired) electrons. The number of anilines is 1. The number of nitrogens with zero attached hydrogens (tertiary/aromatic N) is 2. The van der Waals surface area contributed by atoms with Crippen LogP contribution in [0, 0.1) is 6.92 Å². The fraction of sp³-hybridized carbons (Fsp3) is 0.208. The van der Waals surface area contributed by atoms with Crippen molar-refractivity contribution in [1.29, 1.82) is 0 Å². The molecule has 4 rings (SSSR count). The summed E-state index contributed by atoms with van der Waals surface area (Å²) < 4.78 is 16.2. The van der Waals surface area contributed by atoms with E-state index in [0.29, 0.717) is 40.0 Å². The Bertz CT molecular complexity index is 1250. The normalized spacial score (nSPS) is 17.5. The molecular formula is C24H21ClN2O6. The molecule has 0 unspecified atom stereocenters. The van der Waals surface area contributed by atoms with Gasteiger partial charge in [0.25, 0.3) is 5.78 Å². The number of aliphatic hydroxyl groups excluding tert-OH is 1. The summed E-state index contributed by atoms with van der Waals surface area (Å²) in [4.78, 5) is 27.4. The van der Waals surface area contributed by atoms with Crippen LogP contribution in [0.5, 0.6) is 11.5 Å². The predicted octanol–water partition coefficient (Wildman–Crippen LogP) is 4.67. The average molecular weight is 469 g/mol. The molecule has 8 nitrogen and oxygen atoms in total. The molecule has 1 atom stereocenters. The maximum absolute atomic E-state index is 13.1. The highest BCUT2D eigenvalue weighted by atomic mass is 35.5. The highest BCUT2D eigenvalue weighted by Gasteiger charge is 2.48. The maximum Gasteiger partial charge on any atom is 0.301 e. The Kier molecular flexibility index (Phi) is 6.11. The van der Waals surface area contributed by atoms with Gasteiger partial charge in [-0.1, -0.05) is 22.8 Å². The van der Waals surface area contributed by atoms with Gasteiger partial charge in [-0.25, -0.2) is 0 Å². The molecule has 0 saturated carbocycles. The van der Waals surface area contributed by atoms with Gasteiger partial charge in [-0.05, 0) is 55.8 Å².